The van der Waals surface area contributed by atoms with Crippen molar-refractivity contribution in [2.75, 3.05) is 13.1 Å². The van der Waals surface area contributed by atoms with Gasteiger partial charge in [-0.15, -0.1) is 0 Å². The number of amidine groups is 1. The number of nitrogens with two attached hydrogens (primary N) is 1. The van der Waals surface area contributed by atoms with E-state index >= 15 is 0 Å². The summed E-state index contributed by atoms with van der Waals surface area (Å²) < 4.78 is 0. The summed E-state index contributed by atoms with van der Waals surface area (Å²) in [5.41, 5.74) is 6.73. The van der Waals surface area contributed by atoms with E-state index in [1.807, 2.05) is 12.1 Å². The van der Waals surface area contributed by atoms with Gasteiger partial charge in [0.1, 0.15) is 5.84 Å². The van der Waals surface area contributed by atoms with E-state index in [4.69, 9.17) is 34.1 Å². The van der Waals surface area contributed by atoms with Crippen LogP contribution in [0.15, 0.2) is 23.4 Å². The summed E-state index contributed by atoms with van der Waals surface area (Å²) in [6, 6.07) is 5.54. The summed E-state index contributed by atoms with van der Waals surface area (Å²) >= 11 is 12.1. The molecule has 0 bridgehead atoms. The molecular formula is C13H17Cl2N3O. The standard InChI is InChI=1S/C13H17Cl2N3O/c14-11-4-3-9(12(15)6-11)7-18-5-1-2-10(8-18)13(16)17-19/h3-4,6,10,19H,1-2,5,7-8H2,(H2,16,17). The molecule has 0 aromatic heterocycles. The first-order valence-corrected chi connectivity index (χ1v) is 6.99. The molecule has 1 aliphatic heterocycles. The fourth-order valence-electron chi connectivity index (χ4n) is 2.41. The number of hydrogen-bond donors (Lipinski definition) is 2. The van der Waals surface area contributed by atoms with Gasteiger partial charge in [0.25, 0.3) is 0 Å². The maximum absolute atomic E-state index is 8.75. The van der Waals surface area contributed by atoms with E-state index in [9.17, 15) is 0 Å². The zero-order chi connectivity index (χ0) is 13.8. The Morgan fingerprint density at radius 2 is 2.26 bits per heavy atom. The largest absolute Gasteiger partial charge is 0.409 e. The quantitative estimate of drug-likeness (QED) is 0.390. The zero-order valence-corrected chi connectivity index (χ0v) is 12.0. The number of benzene rings is 1. The second kappa shape index (κ2) is 6.46. The summed E-state index contributed by atoms with van der Waals surface area (Å²) in [4.78, 5) is 2.27. The minimum absolute atomic E-state index is 0.116. The number of rotatable bonds is 3. The molecular weight excluding hydrogens is 285 g/mol. The molecule has 104 valence electrons. The molecule has 3 N–H and O–H groups in total. The van der Waals surface area contributed by atoms with Crippen LogP contribution in [0.2, 0.25) is 10.0 Å². The third kappa shape index (κ3) is 3.75. The third-order valence-electron chi connectivity index (χ3n) is 3.45. The highest BCUT2D eigenvalue weighted by molar-refractivity contribution is 6.35. The van der Waals surface area contributed by atoms with Crippen LogP contribution < -0.4 is 5.73 Å². The van der Waals surface area contributed by atoms with Crippen molar-refractivity contribution in [3.63, 3.8) is 0 Å². The molecule has 1 aromatic rings. The number of likely N-dealkylation sites (tertiary alicyclic amines) is 1. The molecule has 1 aliphatic rings. The van der Waals surface area contributed by atoms with Crippen molar-refractivity contribution in [3.05, 3.63) is 33.8 Å². The van der Waals surface area contributed by atoms with Crippen molar-refractivity contribution in [2.24, 2.45) is 16.8 Å². The van der Waals surface area contributed by atoms with E-state index in [-0.39, 0.29) is 5.92 Å². The number of hydrogen-bond acceptors (Lipinski definition) is 3. The molecule has 4 nitrogen and oxygen atoms in total. The lowest BCUT2D eigenvalue weighted by molar-refractivity contribution is 0.193. The first-order valence-electron chi connectivity index (χ1n) is 6.24. The predicted octanol–water partition coefficient (Wildman–Crippen LogP) is 2.95. The van der Waals surface area contributed by atoms with Crippen LogP contribution in [0.3, 0.4) is 0 Å². The number of piperidine rings is 1. The smallest absolute Gasteiger partial charge is 0.143 e. The molecule has 1 heterocycles. The Bertz CT molecular complexity index is 479. The lowest BCUT2D eigenvalue weighted by atomic mass is 9.96. The van der Waals surface area contributed by atoms with Crippen LogP contribution in [0.4, 0.5) is 0 Å². The van der Waals surface area contributed by atoms with Crippen LogP contribution in [-0.2, 0) is 6.54 Å². The van der Waals surface area contributed by atoms with Crippen LogP contribution in [0, 0.1) is 5.92 Å². The van der Waals surface area contributed by atoms with Crippen molar-refractivity contribution in [1.82, 2.24) is 4.90 Å². The molecule has 0 spiro atoms. The first kappa shape index (κ1) is 14.4. The van der Waals surface area contributed by atoms with Crippen molar-refractivity contribution in [1.29, 1.82) is 0 Å². The van der Waals surface area contributed by atoms with Gasteiger partial charge in [0.2, 0.25) is 0 Å². The molecule has 0 aliphatic carbocycles. The van der Waals surface area contributed by atoms with Gasteiger partial charge in [-0.1, -0.05) is 34.4 Å². The molecule has 1 unspecified atom stereocenters. The average molecular weight is 302 g/mol. The van der Waals surface area contributed by atoms with Crippen molar-refractivity contribution < 1.29 is 5.21 Å². The Morgan fingerprint density at radius 1 is 1.47 bits per heavy atom. The highest BCUT2D eigenvalue weighted by atomic mass is 35.5. The van der Waals surface area contributed by atoms with E-state index in [0.29, 0.717) is 15.9 Å². The van der Waals surface area contributed by atoms with Gasteiger partial charge in [0, 0.05) is 29.1 Å². The zero-order valence-electron chi connectivity index (χ0n) is 10.5. The normalized spacial score (nSPS) is 21.6. The minimum atomic E-state index is 0.116. The summed E-state index contributed by atoms with van der Waals surface area (Å²) in [5.74, 6) is 0.428. The topological polar surface area (TPSA) is 61.9 Å². The molecule has 1 saturated heterocycles. The van der Waals surface area contributed by atoms with Crippen LogP contribution in [0.25, 0.3) is 0 Å². The minimum Gasteiger partial charge on any atom is -0.409 e. The van der Waals surface area contributed by atoms with E-state index in [0.717, 1.165) is 38.0 Å². The van der Waals surface area contributed by atoms with Crippen LogP contribution in [0.1, 0.15) is 18.4 Å². The molecule has 0 amide bonds. The third-order valence-corrected chi connectivity index (χ3v) is 4.04. The van der Waals surface area contributed by atoms with Gasteiger partial charge < -0.3 is 10.9 Å². The summed E-state index contributed by atoms with van der Waals surface area (Å²) in [5, 5.41) is 13.2. The van der Waals surface area contributed by atoms with E-state index in [1.165, 1.54) is 0 Å². The van der Waals surface area contributed by atoms with Crippen molar-refractivity contribution in [2.45, 2.75) is 19.4 Å². The van der Waals surface area contributed by atoms with Gasteiger partial charge in [-0.05, 0) is 37.1 Å². The highest BCUT2D eigenvalue weighted by Crippen LogP contribution is 2.24. The fourth-order valence-corrected chi connectivity index (χ4v) is 2.88. The number of oxime groups is 1. The first-order chi connectivity index (χ1) is 9.10. The second-order valence-corrected chi connectivity index (χ2v) is 5.68. The molecule has 19 heavy (non-hydrogen) atoms. The predicted molar refractivity (Wildman–Crippen MR) is 77.9 cm³/mol. The molecule has 1 atom stereocenters. The monoisotopic (exact) mass is 301 g/mol. The summed E-state index contributed by atoms with van der Waals surface area (Å²) in [6.45, 7) is 2.54. The van der Waals surface area contributed by atoms with Gasteiger partial charge in [0.05, 0.1) is 0 Å². The van der Waals surface area contributed by atoms with Gasteiger partial charge in [-0.3, -0.25) is 4.90 Å². The fraction of sp³-hybridized carbons (Fsp3) is 0.462. The van der Waals surface area contributed by atoms with E-state index in [2.05, 4.69) is 10.1 Å². The lowest BCUT2D eigenvalue weighted by Gasteiger charge is -2.32. The molecule has 0 radical (unpaired) electrons. The Labute approximate surface area is 122 Å². The number of halogens is 2. The summed E-state index contributed by atoms with van der Waals surface area (Å²) in [7, 11) is 0. The lowest BCUT2D eigenvalue weighted by Crippen LogP contribution is -2.40. The van der Waals surface area contributed by atoms with Gasteiger partial charge >= 0.3 is 0 Å². The molecule has 0 saturated carbocycles. The maximum Gasteiger partial charge on any atom is 0.143 e. The van der Waals surface area contributed by atoms with Crippen LogP contribution in [0.5, 0.6) is 0 Å². The maximum atomic E-state index is 8.75. The van der Waals surface area contributed by atoms with Crippen molar-refractivity contribution >= 4 is 29.0 Å². The Kier molecular flexibility index (Phi) is 4.91. The molecule has 1 aromatic carbocycles. The summed E-state index contributed by atoms with van der Waals surface area (Å²) in [6.07, 6.45) is 1.99. The second-order valence-electron chi connectivity index (χ2n) is 4.83. The van der Waals surface area contributed by atoms with E-state index < -0.39 is 0 Å². The Morgan fingerprint density at radius 3 is 2.95 bits per heavy atom. The number of nitrogens with zero attached hydrogens (tertiary/aromatic N) is 2. The van der Waals surface area contributed by atoms with Crippen LogP contribution >= 0.6 is 23.2 Å². The molecule has 1 fully saturated rings. The van der Waals surface area contributed by atoms with Gasteiger partial charge in [0.15, 0.2) is 0 Å². The van der Waals surface area contributed by atoms with Gasteiger partial charge in [-0.25, -0.2) is 0 Å². The van der Waals surface area contributed by atoms with E-state index in [1.54, 1.807) is 6.07 Å². The average Bonchev–Trinajstić information content (AvgIpc) is 2.41. The molecule has 2 rings (SSSR count). The Hall–Kier alpha value is -0.970. The highest BCUT2D eigenvalue weighted by Gasteiger charge is 2.23. The van der Waals surface area contributed by atoms with Crippen LogP contribution in [-0.4, -0.2) is 29.0 Å². The SMILES string of the molecule is NC(=NO)C1CCCN(Cc2ccc(Cl)cc2Cl)C1. The van der Waals surface area contributed by atoms with Crippen molar-refractivity contribution in [3.8, 4) is 0 Å². The molecule has 6 heteroatoms. The van der Waals surface area contributed by atoms with Gasteiger partial charge in [-0.2, -0.15) is 0 Å². The Balaban J connectivity index is 2.02.